The molecule has 2 aromatic carbocycles. The highest BCUT2D eigenvalue weighted by Gasteiger charge is 2.51. The molecule has 0 radical (unpaired) electrons. The Kier molecular flexibility index (Phi) is 3.69. The lowest BCUT2D eigenvalue weighted by Crippen LogP contribution is -2.35. The number of phenolic OH excluding ortho intramolecular Hbond substituents is 2. The molecule has 26 heavy (non-hydrogen) atoms. The van der Waals surface area contributed by atoms with Crippen LogP contribution in [0.3, 0.4) is 0 Å². The smallest absolute Gasteiger partial charge is 0.200 e. The number of hydrogen-bond acceptors (Lipinski definition) is 6. The van der Waals surface area contributed by atoms with Gasteiger partial charge in [0.25, 0.3) is 0 Å². The Morgan fingerprint density at radius 3 is 2.62 bits per heavy atom. The van der Waals surface area contributed by atoms with E-state index in [1.807, 2.05) is 0 Å². The lowest BCUT2D eigenvalue weighted by atomic mass is 9.94. The Morgan fingerprint density at radius 1 is 1.27 bits per heavy atom. The molecular weight excluding hydrogens is 338 g/mol. The number of nitrogens with zero attached hydrogens (tertiary/aromatic N) is 1. The molecule has 0 aliphatic carbocycles. The number of aromatic hydroxyl groups is 2. The Morgan fingerprint density at radius 2 is 1.96 bits per heavy atom. The monoisotopic (exact) mass is 357 g/mol. The number of pyridine rings is 1. The van der Waals surface area contributed by atoms with Crippen molar-refractivity contribution in [1.82, 2.24) is 4.57 Å². The van der Waals surface area contributed by atoms with E-state index in [1.165, 1.54) is 0 Å². The predicted octanol–water partition coefficient (Wildman–Crippen LogP) is 0.768. The number of phenols is 2. The van der Waals surface area contributed by atoms with Gasteiger partial charge < -0.3 is 29.7 Å². The zero-order chi connectivity index (χ0) is 18.6. The number of hydrogen-bond donors (Lipinski definition) is 4. The lowest BCUT2D eigenvalue weighted by Gasteiger charge is -2.21. The average molecular weight is 357 g/mol. The summed E-state index contributed by atoms with van der Waals surface area (Å²) in [7, 11) is 1.73. The Labute approximate surface area is 148 Å². The Hall–Kier alpha value is -2.61. The predicted molar refractivity (Wildman–Crippen MR) is 95.5 cm³/mol. The lowest BCUT2D eigenvalue weighted by molar-refractivity contribution is 0.0370. The fourth-order valence-electron chi connectivity index (χ4n) is 3.55. The van der Waals surface area contributed by atoms with Crippen LogP contribution in [0.1, 0.15) is 5.56 Å². The highest BCUT2D eigenvalue weighted by atomic mass is 16.6. The van der Waals surface area contributed by atoms with Gasteiger partial charge in [0, 0.05) is 30.5 Å². The number of aromatic nitrogens is 1. The van der Waals surface area contributed by atoms with Gasteiger partial charge in [-0.05, 0) is 12.1 Å². The van der Waals surface area contributed by atoms with Crippen molar-refractivity contribution >= 4 is 21.8 Å². The van der Waals surface area contributed by atoms with Crippen molar-refractivity contribution in [3.63, 3.8) is 0 Å². The molecule has 1 fully saturated rings. The van der Waals surface area contributed by atoms with E-state index in [4.69, 9.17) is 4.74 Å². The largest absolute Gasteiger partial charge is 0.507 e. The van der Waals surface area contributed by atoms with Crippen molar-refractivity contribution in [2.24, 2.45) is 7.05 Å². The van der Waals surface area contributed by atoms with Gasteiger partial charge in [-0.25, -0.2) is 0 Å². The van der Waals surface area contributed by atoms with Crippen LogP contribution >= 0.6 is 0 Å². The summed E-state index contributed by atoms with van der Waals surface area (Å²) in [5, 5.41) is 41.1. The van der Waals surface area contributed by atoms with Gasteiger partial charge in [0.05, 0.1) is 35.7 Å². The second kappa shape index (κ2) is 5.70. The van der Waals surface area contributed by atoms with Crippen LogP contribution in [0, 0.1) is 0 Å². The van der Waals surface area contributed by atoms with Gasteiger partial charge in [-0.3, -0.25) is 4.79 Å². The summed E-state index contributed by atoms with van der Waals surface area (Å²) in [4.78, 5) is 12.9. The van der Waals surface area contributed by atoms with Crippen molar-refractivity contribution in [3.05, 3.63) is 46.1 Å². The van der Waals surface area contributed by atoms with E-state index >= 15 is 0 Å². The highest BCUT2D eigenvalue weighted by Crippen LogP contribution is 2.38. The summed E-state index contributed by atoms with van der Waals surface area (Å²) < 4.78 is 6.89. The van der Waals surface area contributed by atoms with Crippen molar-refractivity contribution < 1.29 is 25.2 Å². The van der Waals surface area contributed by atoms with Gasteiger partial charge in [0.15, 0.2) is 0 Å². The molecule has 136 valence electrons. The van der Waals surface area contributed by atoms with Crippen molar-refractivity contribution in [2.45, 2.75) is 18.1 Å². The molecule has 1 aliphatic heterocycles. The number of aryl methyl sites for hydroxylation is 1. The van der Waals surface area contributed by atoms with Gasteiger partial charge in [0.2, 0.25) is 5.43 Å². The minimum atomic E-state index is -1.06. The zero-order valence-corrected chi connectivity index (χ0v) is 14.1. The van der Waals surface area contributed by atoms with Gasteiger partial charge in [-0.2, -0.15) is 0 Å². The molecule has 7 heteroatoms. The van der Waals surface area contributed by atoms with Crippen LogP contribution in [-0.4, -0.2) is 49.9 Å². The first kappa shape index (κ1) is 16.8. The van der Waals surface area contributed by atoms with Crippen LogP contribution in [0.4, 0.5) is 0 Å². The minimum Gasteiger partial charge on any atom is -0.507 e. The number of aliphatic hydroxyl groups is 2. The van der Waals surface area contributed by atoms with Gasteiger partial charge in [0.1, 0.15) is 17.1 Å². The molecular formula is C19H19NO6. The van der Waals surface area contributed by atoms with Crippen molar-refractivity contribution in [3.8, 4) is 11.5 Å². The molecule has 4 rings (SSSR count). The number of para-hydroxylation sites is 1. The molecule has 2 atom stereocenters. The maximum atomic E-state index is 12.9. The zero-order valence-electron chi connectivity index (χ0n) is 14.1. The summed E-state index contributed by atoms with van der Waals surface area (Å²) in [5.41, 5.74) is -0.0726. The van der Waals surface area contributed by atoms with Crippen LogP contribution in [-0.2, 0) is 18.2 Å². The number of ether oxygens (including phenoxy) is 1. The highest BCUT2D eigenvalue weighted by molar-refractivity contribution is 5.99. The molecule has 0 spiro atoms. The number of epoxide rings is 1. The molecule has 7 nitrogen and oxygen atoms in total. The van der Waals surface area contributed by atoms with Crippen molar-refractivity contribution in [2.75, 3.05) is 13.2 Å². The van der Waals surface area contributed by atoms with Crippen molar-refractivity contribution in [1.29, 1.82) is 0 Å². The van der Waals surface area contributed by atoms with E-state index in [9.17, 15) is 25.2 Å². The first-order valence-corrected chi connectivity index (χ1v) is 8.28. The SMILES string of the molecule is Cn1c2ccccc2c(=O)c2c(O)cc(O)c(CC(O)C3(CO)CO3)c21. The second-order valence-electron chi connectivity index (χ2n) is 6.75. The Bertz CT molecular complexity index is 1080. The molecule has 2 heterocycles. The Balaban J connectivity index is 2.03. The number of aliphatic hydroxyl groups excluding tert-OH is 2. The average Bonchev–Trinajstić information content (AvgIpc) is 3.43. The van der Waals surface area contributed by atoms with Crippen LogP contribution in [0.25, 0.3) is 21.8 Å². The molecule has 1 saturated heterocycles. The van der Waals surface area contributed by atoms with Crippen LogP contribution in [0.2, 0.25) is 0 Å². The third-order valence-electron chi connectivity index (χ3n) is 5.22. The van der Waals surface area contributed by atoms with E-state index in [2.05, 4.69) is 0 Å². The van der Waals surface area contributed by atoms with Gasteiger partial charge in [-0.1, -0.05) is 12.1 Å². The topological polar surface area (TPSA) is 115 Å². The quantitative estimate of drug-likeness (QED) is 0.405. The third-order valence-corrected chi connectivity index (χ3v) is 5.22. The number of benzene rings is 2. The van der Waals surface area contributed by atoms with E-state index in [-0.39, 0.29) is 41.9 Å². The molecule has 1 aromatic heterocycles. The van der Waals surface area contributed by atoms with E-state index in [0.717, 1.165) is 6.07 Å². The molecule has 0 amide bonds. The third kappa shape index (κ3) is 2.28. The first-order valence-electron chi connectivity index (χ1n) is 8.28. The fraction of sp³-hybridized carbons (Fsp3) is 0.316. The number of fused-ring (bicyclic) bond motifs is 2. The molecule has 0 saturated carbocycles. The molecule has 2 unspecified atom stereocenters. The maximum absolute atomic E-state index is 12.9. The summed E-state index contributed by atoms with van der Waals surface area (Å²) in [5.74, 6) is -0.547. The number of rotatable bonds is 4. The summed E-state index contributed by atoms with van der Waals surface area (Å²) >= 11 is 0. The van der Waals surface area contributed by atoms with E-state index < -0.39 is 11.7 Å². The minimum absolute atomic E-state index is 0.0329. The van der Waals surface area contributed by atoms with Gasteiger partial charge in [-0.15, -0.1) is 0 Å². The maximum Gasteiger partial charge on any atom is 0.200 e. The van der Waals surface area contributed by atoms with Crippen LogP contribution < -0.4 is 5.43 Å². The van der Waals surface area contributed by atoms with E-state index in [0.29, 0.717) is 22.0 Å². The second-order valence-corrected chi connectivity index (χ2v) is 6.75. The molecule has 1 aliphatic rings. The van der Waals surface area contributed by atoms with Gasteiger partial charge >= 0.3 is 0 Å². The molecule has 0 bridgehead atoms. The van der Waals surface area contributed by atoms with Crippen LogP contribution in [0.5, 0.6) is 11.5 Å². The first-order chi connectivity index (χ1) is 12.4. The molecule has 3 aromatic rings. The van der Waals surface area contributed by atoms with Crippen LogP contribution in [0.15, 0.2) is 35.1 Å². The van der Waals surface area contributed by atoms with E-state index in [1.54, 1.807) is 35.9 Å². The summed E-state index contributed by atoms with van der Waals surface area (Å²) in [6.07, 6.45) is -1.10. The standard InChI is InChI=1S/C19H19NO6/c1-20-12-5-3-2-4-10(12)18(25)16-14(23)7-13(22)11(17(16)20)6-15(24)19(8-21)9-26-19/h2-5,7,15,21-24H,6,8-9H2,1H3. The summed E-state index contributed by atoms with van der Waals surface area (Å²) in [6, 6.07) is 8.10. The fourth-order valence-corrected chi connectivity index (χ4v) is 3.55. The normalized spacial score (nSPS) is 20.6. The molecule has 4 N–H and O–H groups in total. The summed E-state index contributed by atoms with van der Waals surface area (Å²) in [6.45, 7) is -0.115.